The standard InChI is InChI=1S/C13H17ClO/c1-12(6-5-9-14)10-15-11-13-7-3-2-4-8-13/h2-5,7-9,12H,6,10-11H2,1H3/b9-5+/t12-/m1/s1. The van der Waals surface area contributed by atoms with Gasteiger partial charge in [0.05, 0.1) is 6.61 Å². The molecular weight excluding hydrogens is 208 g/mol. The second kappa shape index (κ2) is 7.49. The third kappa shape index (κ3) is 5.60. The van der Waals surface area contributed by atoms with E-state index in [-0.39, 0.29) is 0 Å². The zero-order valence-electron chi connectivity index (χ0n) is 9.03. The van der Waals surface area contributed by atoms with E-state index in [0.29, 0.717) is 12.5 Å². The molecule has 0 N–H and O–H groups in total. The van der Waals surface area contributed by atoms with Crippen LogP contribution in [0.3, 0.4) is 0 Å². The summed E-state index contributed by atoms with van der Waals surface area (Å²) < 4.78 is 5.60. The molecule has 1 nitrogen and oxygen atoms in total. The first-order valence-electron chi connectivity index (χ1n) is 5.20. The van der Waals surface area contributed by atoms with Gasteiger partial charge in [-0.2, -0.15) is 0 Å². The Morgan fingerprint density at radius 2 is 2.07 bits per heavy atom. The lowest BCUT2D eigenvalue weighted by Gasteiger charge is -2.09. The van der Waals surface area contributed by atoms with Crippen molar-refractivity contribution in [2.24, 2.45) is 5.92 Å². The third-order valence-electron chi connectivity index (χ3n) is 2.14. The zero-order valence-corrected chi connectivity index (χ0v) is 9.78. The second-order valence-corrected chi connectivity index (χ2v) is 3.96. The highest BCUT2D eigenvalue weighted by Gasteiger charge is 1.99. The fourth-order valence-corrected chi connectivity index (χ4v) is 1.41. The molecule has 0 aliphatic carbocycles. The summed E-state index contributed by atoms with van der Waals surface area (Å²) in [6.45, 7) is 3.62. The van der Waals surface area contributed by atoms with Crippen LogP contribution in [-0.2, 0) is 11.3 Å². The van der Waals surface area contributed by atoms with Gasteiger partial charge in [-0.25, -0.2) is 0 Å². The molecule has 1 atom stereocenters. The highest BCUT2D eigenvalue weighted by atomic mass is 35.5. The summed E-state index contributed by atoms with van der Waals surface area (Å²) >= 11 is 5.45. The molecule has 0 aliphatic heterocycles. The minimum atomic E-state index is 0.517. The SMILES string of the molecule is C[C@H](C/C=C/Cl)COCc1ccccc1. The van der Waals surface area contributed by atoms with Gasteiger partial charge in [-0.1, -0.05) is 54.9 Å². The maximum absolute atomic E-state index is 5.60. The van der Waals surface area contributed by atoms with Gasteiger partial charge < -0.3 is 4.74 Å². The Morgan fingerprint density at radius 1 is 1.33 bits per heavy atom. The predicted molar refractivity (Wildman–Crippen MR) is 64.9 cm³/mol. The van der Waals surface area contributed by atoms with Crippen molar-refractivity contribution < 1.29 is 4.74 Å². The quantitative estimate of drug-likeness (QED) is 0.710. The van der Waals surface area contributed by atoms with Crippen LogP contribution in [-0.4, -0.2) is 6.61 Å². The Balaban J connectivity index is 2.16. The van der Waals surface area contributed by atoms with Crippen molar-refractivity contribution >= 4 is 11.6 Å². The summed E-state index contributed by atoms with van der Waals surface area (Å²) in [5.41, 5.74) is 2.78. The monoisotopic (exact) mass is 224 g/mol. The molecule has 2 heteroatoms. The zero-order chi connectivity index (χ0) is 10.9. The van der Waals surface area contributed by atoms with E-state index in [1.807, 2.05) is 24.3 Å². The Labute approximate surface area is 96.7 Å². The van der Waals surface area contributed by atoms with Gasteiger partial charge in [-0.15, -0.1) is 0 Å². The van der Waals surface area contributed by atoms with Crippen molar-refractivity contribution in [2.75, 3.05) is 6.61 Å². The molecule has 15 heavy (non-hydrogen) atoms. The lowest BCUT2D eigenvalue weighted by Crippen LogP contribution is -2.04. The first-order chi connectivity index (χ1) is 7.33. The Hall–Kier alpha value is -0.790. The van der Waals surface area contributed by atoms with Crippen LogP contribution in [0, 0.1) is 5.92 Å². The van der Waals surface area contributed by atoms with Gasteiger partial charge in [0.15, 0.2) is 0 Å². The van der Waals surface area contributed by atoms with E-state index in [9.17, 15) is 0 Å². The summed E-state index contributed by atoms with van der Waals surface area (Å²) in [6.07, 6.45) is 2.93. The highest BCUT2D eigenvalue weighted by molar-refractivity contribution is 6.25. The van der Waals surface area contributed by atoms with E-state index in [4.69, 9.17) is 16.3 Å². The molecule has 1 aromatic carbocycles. The fraction of sp³-hybridized carbons (Fsp3) is 0.385. The van der Waals surface area contributed by atoms with Crippen LogP contribution in [0.1, 0.15) is 18.9 Å². The lowest BCUT2D eigenvalue weighted by molar-refractivity contribution is 0.0929. The summed E-state index contributed by atoms with van der Waals surface area (Å²) in [5, 5.41) is 0. The number of rotatable bonds is 6. The second-order valence-electron chi connectivity index (χ2n) is 3.70. The molecule has 82 valence electrons. The van der Waals surface area contributed by atoms with Gasteiger partial charge in [0, 0.05) is 12.1 Å². The van der Waals surface area contributed by atoms with Gasteiger partial charge in [-0.3, -0.25) is 0 Å². The van der Waals surface area contributed by atoms with Crippen molar-refractivity contribution in [1.29, 1.82) is 0 Å². The van der Waals surface area contributed by atoms with Crippen molar-refractivity contribution in [2.45, 2.75) is 20.0 Å². The third-order valence-corrected chi connectivity index (χ3v) is 2.32. The number of hydrogen-bond acceptors (Lipinski definition) is 1. The maximum Gasteiger partial charge on any atom is 0.0717 e. The number of hydrogen-bond donors (Lipinski definition) is 0. The number of halogens is 1. The van der Waals surface area contributed by atoms with Crippen molar-refractivity contribution in [3.8, 4) is 0 Å². The van der Waals surface area contributed by atoms with Crippen molar-refractivity contribution in [3.05, 3.63) is 47.5 Å². The lowest BCUT2D eigenvalue weighted by atomic mass is 10.1. The topological polar surface area (TPSA) is 9.23 Å². The molecule has 0 spiro atoms. The Morgan fingerprint density at radius 3 is 2.73 bits per heavy atom. The summed E-state index contributed by atoms with van der Waals surface area (Å²) in [6, 6.07) is 10.2. The molecular formula is C13H17ClO. The van der Waals surface area contributed by atoms with Crippen LogP contribution in [0.25, 0.3) is 0 Å². The normalized spacial score (nSPS) is 13.2. The molecule has 0 fully saturated rings. The van der Waals surface area contributed by atoms with Crippen LogP contribution in [0.15, 0.2) is 41.9 Å². The van der Waals surface area contributed by atoms with E-state index in [1.165, 1.54) is 5.56 Å². The van der Waals surface area contributed by atoms with Gasteiger partial charge in [0.1, 0.15) is 0 Å². The first-order valence-corrected chi connectivity index (χ1v) is 5.63. The average molecular weight is 225 g/mol. The van der Waals surface area contributed by atoms with E-state index < -0.39 is 0 Å². The van der Waals surface area contributed by atoms with Crippen LogP contribution in [0.2, 0.25) is 0 Å². The largest absolute Gasteiger partial charge is 0.376 e. The van der Waals surface area contributed by atoms with E-state index in [0.717, 1.165) is 13.0 Å². The van der Waals surface area contributed by atoms with Crippen LogP contribution in [0.5, 0.6) is 0 Å². The molecule has 0 radical (unpaired) electrons. The van der Waals surface area contributed by atoms with Gasteiger partial charge >= 0.3 is 0 Å². The number of allylic oxidation sites excluding steroid dienone is 1. The minimum absolute atomic E-state index is 0.517. The molecule has 0 aliphatic rings. The van der Waals surface area contributed by atoms with E-state index in [2.05, 4.69) is 19.1 Å². The van der Waals surface area contributed by atoms with Crippen molar-refractivity contribution in [1.82, 2.24) is 0 Å². The highest BCUT2D eigenvalue weighted by Crippen LogP contribution is 2.07. The van der Waals surface area contributed by atoms with Gasteiger partial charge in [0.25, 0.3) is 0 Å². The summed E-state index contributed by atoms with van der Waals surface area (Å²) in [4.78, 5) is 0. The van der Waals surface area contributed by atoms with Crippen LogP contribution < -0.4 is 0 Å². The summed E-state index contributed by atoms with van der Waals surface area (Å²) in [7, 11) is 0. The molecule has 0 saturated heterocycles. The molecule has 1 aromatic rings. The fourth-order valence-electron chi connectivity index (χ4n) is 1.30. The maximum atomic E-state index is 5.60. The van der Waals surface area contributed by atoms with E-state index >= 15 is 0 Å². The number of ether oxygens (including phenoxy) is 1. The summed E-state index contributed by atoms with van der Waals surface area (Å²) in [5.74, 6) is 0.517. The Kier molecular flexibility index (Phi) is 6.14. The smallest absolute Gasteiger partial charge is 0.0717 e. The van der Waals surface area contributed by atoms with Crippen molar-refractivity contribution in [3.63, 3.8) is 0 Å². The molecule has 0 aromatic heterocycles. The molecule has 0 amide bonds. The predicted octanol–water partition coefficient (Wildman–Crippen LogP) is 3.98. The van der Waals surface area contributed by atoms with E-state index in [1.54, 1.807) is 5.54 Å². The molecule has 0 heterocycles. The van der Waals surface area contributed by atoms with Crippen LogP contribution in [0.4, 0.5) is 0 Å². The molecule has 0 saturated carbocycles. The number of benzene rings is 1. The molecule has 0 unspecified atom stereocenters. The van der Waals surface area contributed by atoms with Crippen LogP contribution >= 0.6 is 11.6 Å². The minimum Gasteiger partial charge on any atom is -0.376 e. The Bertz CT molecular complexity index is 282. The average Bonchev–Trinajstić information content (AvgIpc) is 2.28. The molecule has 1 rings (SSSR count). The van der Waals surface area contributed by atoms with Gasteiger partial charge in [0.2, 0.25) is 0 Å². The molecule has 0 bridgehead atoms. The first kappa shape index (κ1) is 12.3. The van der Waals surface area contributed by atoms with Gasteiger partial charge in [-0.05, 0) is 17.9 Å².